The largest absolute Gasteiger partial charge is 0.481 e. The van der Waals surface area contributed by atoms with Crippen LogP contribution in [0.1, 0.15) is 6.42 Å². The molecule has 4 nitrogen and oxygen atoms in total. The zero-order valence-electron chi connectivity index (χ0n) is 5.58. The Balaban J connectivity index is 2.47. The van der Waals surface area contributed by atoms with Crippen molar-refractivity contribution in [1.29, 1.82) is 0 Å². The molecule has 1 aliphatic rings. The molecule has 0 aromatic rings. The summed E-state index contributed by atoms with van der Waals surface area (Å²) in [6.45, 7) is 1.10. The summed E-state index contributed by atoms with van der Waals surface area (Å²) in [5.41, 5.74) is 0. The van der Waals surface area contributed by atoms with Crippen molar-refractivity contribution >= 4 is 5.97 Å². The van der Waals surface area contributed by atoms with Crippen LogP contribution >= 0.6 is 0 Å². The van der Waals surface area contributed by atoms with Crippen LogP contribution in [0.5, 0.6) is 0 Å². The van der Waals surface area contributed by atoms with Crippen molar-refractivity contribution in [3.05, 3.63) is 0 Å². The third-order valence-electron chi connectivity index (χ3n) is 1.76. The van der Waals surface area contributed by atoms with Crippen molar-refractivity contribution in [2.45, 2.75) is 12.5 Å². The molecule has 1 rings (SSSR count). The fraction of sp³-hybridized carbons (Fsp3) is 0.833. The lowest BCUT2D eigenvalue weighted by molar-refractivity contribution is -0.146. The predicted octanol–water partition coefficient (Wildman–Crippen LogP) is -0.959. The Bertz CT molecular complexity index is 137. The van der Waals surface area contributed by atoms with Crippen LogP contribution in [0.4, 0.5) is 0 Å². The summed E-state index contributed by atoms with van der Waals surface area (Å²) in [7, 11) is 0. The van der Waals surface area contributed by atoms with E-state index >= 15 is 0 Å². The van der Waals surface area contributed by atoms with Gasteiger partial charge in [0, 0.05) is 6.54 Å². The standard InChI is InChI=1S/C6H11NO3/c8-5-1-2-7-3-4(5)6(9)10/h4-5,7-8H,1-3H2,(H,9,10)/t4-,5-/m1/s1. The SMILES string of the molecule is O=C(O)[C@@H]1CNCC[C@H]1O. The molecular formula is C6H11NO3. The van der Waals surface area contributed by atoms with Crippen LogP contribution in [0.15, 0.2) is 0 Å². The van der Waals surface area contributed by atoms with Gasteiger partial charge in [0.1, 0.15) is 0 Å². The van der Waals surface area contributed by atoms with E-state index in [0.29, 0.717) is 19.5 Å². The predicted molar refractivity (Wildman–Crippen MR) is 34.6 cm³/mol. The van der Waals surface area contributed by atoms with E-state index in [2.05, 4.69) is 5.32 Å². The number of hydrogen-bond acceptors (Lipinski definition) is 3. The van der Waals surface area contributed by atoms with E-state index in [-0.39, 0.29) is 0 Å². The summed E-state index contributed by atoms with van der Waals surface area (Å²) in [5, 5.41) is 20.5. The van der Waals surface area contributed by atoms with Crippen molar-refractivity contribution in [3.8, 4) is 0 Å². The Morgan fingerprint density at radius 1 is 1.60 bits per heavy atom. The molecule has 0 aliphatic carbocycles. The summed E-state index contributed by atoms with van der Waals surface area (Å²) in [5.74, 6) is -1.53. The van der Waals surface area contributed by atoms with Crippen molar-refractivity contribution < 1.29 is 15.0 Å². The normalized spacial score (nSPS) is 33.7. The monoisotopic (exact) mass is 145 g/mol. The third-order valence-corrected chi connectivity index (χ3v) is 1.76. The number of carboxylic acid groups (broad SMARTS) is 1. The molecule has 0 bridgehead atoms. The van der Waals surface area contributed by atoms with Crippen LogP contribution < -0.4 is 5.32 Å². The molecule has 10 heavy (non-hydrogen) atoms. The molecule has 0 spiro atoms. The third kappa shape index (κ3) is 1.46. The zero-order valence-corrected chi connectivity index (χ0v) is 5.58. The van der Waals surface area contributed by atoms with E-state index in [1.165, 1.54) is 0 Å². The molecular weight excluding hydrogens is 134 g/mol. The lowest BCUT2D eigenvalue weighted by atomic mass is 9.97. The van der Waals surface area contributed by atoms with E-state index in [1.807, 2.05) is 0 Å². The van der Waals surface area contributed by atoms with Gasteiger partial charge in [0.15, 0.2) is 0 Å². The summed E-state index contributed by atoms with van der Waals surface area (Å²) in [6, 6.07) is 0. The minimum atomic E-state index is -0.917. The lowest BCUT2D eigenvalue weighted by Gasteiger charge is -2.24. The average Bonchev–Trinajstić information content (AvgIpc) is 1.88. The van der Waals surface area contributed by atoms with E-state index in [0.717, 1.165) is 0 Å². The molecule has 0 radical (unpaired) electrons. The smallest absolute Gasteiger partial charge is 0.310 e. The Hall–Kier alpha value is -0.610. The maximum atomic E-state index is 10.4. The number of piperidine rings is 1. The summed E-state index contributed by atoms with van der Waals surface area (Å²) >= 11 is 0. The molecule has 1 fully saturated rings. The molecule has 2 atom stereocenters. The maximum absolute atomic E-state index is 10.4. The summed E-state index contributed by atoms with van der Waals surface area (Å²) in [4.78, 5) is 10.4. The van der Waals surface area contributed by atoms with Gasteiger partial charge in [-0.15, -0.1) is 0 Å². The van der Waals surface area contributed by atoms with Crippen molar-refractivity contribution in [3.63, 3.8) is 0 Å². The van der Waals surface area contributed by atoms with Gasteiger partial charge in [0.25, 0.3) is 0 Å². The van der Waals surface area contributed by atoms with Crippen LogP contribution in [0, 0.1) is 5.92 Å². The van der Waals surface area contributed by atoms with Gasteiger partial charge in [0.2, 0.25) is 0 Å². The first kappa shape index (κ1) is 7.50. The molecule has 1 aliphatic heterocycles. The highest BCUT2D eigenvalue weighted by Crippen LogP contribution is 2.10. The first-order valence-electron chi connectivity index (χ1n) is 3.33. The molecule has 1 saturated heterocycles. The second-order valence-electron chi connectivity index (χ2n) is 2.50. The molecule has 0 saturated carbocycles. The first-order valence-corrected chi connectivity index (χ1v) is 3.33. The quantitative estimate of drug-likeness (QED) is 0.444. The maximum Gasteiger partial charge on any atom is 0.310 e. The highest BCUT2D eigenvalue weighted by Gasteiger charge is 2.28. The van der Waals surface area contributed by atoms with E-state index in [9.17, 15) is 4.79 Å². The Kier molecular flexibility index (Phi) is 2.24. The molecule has 1 heterocycles. The molecule has 0 aromatic carbocycles. The van der Waals surface area contributed by atoms with Crippen molar-refractivity contribution in [2.75, 3.05) is 13.1 Å². The summed E-state index contributed by atoms with van der Waals surface area (Å²) < 4.78 is 0. The second-order valence-corrected chi connectivity index (χ2v) is 2.50. The van der Waals surface area contributed by atoms with Crippen LogP contribution in [0.2, 0.25) is 0 Å². The van der Waals surface area contributed by atoms with E-state index < -0.39 is 18.0 Å². The fourth-order valence-electron chi connectivity index (χ4n) is 1.10. The number of carboxylic acids is 1. The Morgan fingerprint density at radius 3 is 2.70 bits per heavy atom. The summed E-state index contributed by atoms with van der Waals surface area (Å²) in [6.07, 6.45) is -0.129. The minimum Gasteiger partial charge on any atom is -0.481 e. The Labute approximate surface area is 58.9 Å². The van der Waals surface area contributed by atoms with Gasteiger partial charge in [-0.1, -0.05) is 0 Å². The highest BCUT2D eigenvalue weighted by molar-refractivity contribution is 5.71. The van der Waals surface area contributed by atoms with Gasteiger partial charge in [-0.2, -0.15) is 0 Å². The van der Waals surface area contributed by atoms with Crippen LogP contribution in [-0.4, -0.2) is 35.4 Å². The van der Waals surface area contributed by atoms with Gasteiger partial charge in [-0.25, -0.2) is 0 Å². The van der Waals surface area contributed by atoms with Gasteiger partial charge < -0.3 is 15.5 Å². The number of rotatable bonds is 1. The minimum absolute atomic E-state index is 0.385. The number of hydrogen-bond donors (Lipinski definition) is 3. The molecule has 0 aromatic heterocycles. The second kappa shape index (κ2) is 2.98. The van der Waals surface area contributed by atoms with E-state index in [1.54, 1.807) is 0 Å². The molecule has 0 unspecified atom stereocenters. The van der Waals surface area contributed by atoms with Gasteiger partial charge in [0.05, 0.1) is 12.0 Å². The van der Waals surface area contributed by atoms with Gasteiger partial charge in [-0.05, 0) is 13.0 Å². The van der Waals surface area contributed by atoms with Crippen LogP contribution in [0.3, 0.4) is 0 Å². The average molecular weight is 145 g/mol. The van der Waals surface area contributed by atoms with Crippen molar-refractivity contribution in [2.24, 2.45) is 5.92 Å². The number of carbonyl (C=O) groups is 1. The molecule has 0 amide bonds. The highest BCUT2D eigenvalue weighted by atomic mass is 16.4. The number of aliphatic hydroxyl groups is 1. The van der Waals surface area contributed by atoms with Gasteiger partial charge >= 0.3 is 5.97 Å². The van der Waals surface area contributed by atoms with Gasteiger partial charge in [-0.3, -0.25) is 4.79 Å². The lowest BCUT2D eigenvalue weighted by Crippen LogP contribution is -2.43. The number of aliphatic carboxylic acids is 1. The molecule has 3 N–H and O–H groups in total. The Morgan fingerprint density at radius 2 is 2.30 bits per heavy atom. The molecule has 58 valence electrons. The number of aliphatic hydroxyl groups excluding tert-OH is 1. The van der Waals surface area contributed by atoms with Crippen LogP contribution in [-0.2, 0) is 4.79 Å². The topological polar surface area (TPSA) is 69.6 Å². The zero-order chi connectivity index (χ0) is 7.56. The van der Waals surface area contributed by atoms with E-state index in [4.69, 9.17) is 10.2 Å². The van der Waals surface area contributed by atoms with Crippen LogP contribution in [0.25, 0.3) is 0 Å². The molecule has 4 heteroatoms. The number of nitrogens with one attached hydrogen (secondary N) is 1. The van der Waals surface area contributed by atoms with Crippen molar-refractivity contribution in [1.82, 2.24) is 5.32 Å². The fourth-order valence-corrected chi connectivity index (χ4v) is 1.10. The first-order chi connectivity index (χ1) is 4.72.